The van der Waals surface area contributed by atoms with Gasteiger partial charge in [0.1, 0.15) is 5.82 Å². The molecule has 0 amide bonds. The van der Waals surface area contributed by atoms with Crippen LogP contribution < -0.4 is 5.73 Å². The van der Waals surface area contributed by atoms with E-state index in [4.69, 9.17) is 18.0 Å². The largest absolute Gasteiger partial charge is 0.392 e. The molecule has 0 aromatic heterocycles. The molecule has 0 aliphatic rings. The molecule has 0 aliphatic heterocycles. The molecule has 0 atom stereocenters. The predicted molar refractivity (Wildman–Crippen MR) is 72.4 cm³/mol. The zero-order chi connectivity index (χ0) is 13.9. The lowest BCUT2D eigenvalue weighted by Gasteiger charge is -2.20. The van der Waals surface area contributed by atoms with Gasteiger partial charge < -0.3 is 5.73 Å². The Hall–Kier alpha value is -1.05. The highest BCUT2D eigenvalue weighted by Gasteiger charge is 2.25. The van der Waals surface area contributed by atoms with Crippen molar-refractivity contribution >= 4 is 27.2 Å². The van der Waals surface area contributed by atoms with E-state index in [0.717, 1.165) is 10.4 Å². The van der Waals surface area contributed by atoms with Crippen molar-refractivity contribution < 1.29 is 12.8 Å². The number of nitrogens with two attached hydrogens (primary N) is 1. The smallest absolute Gasteiger partial charge is 0.243 e. The quantitative estimate of drug-likeness (QED) is 0.833. The van der Waals surface area contributed by atoms with Gasteiger partial charge in [-0.15, -0.1) is 0 Å². The molecule has 0 bridgehead atoms. The van der Waals surface area contributed by atoms with E-state index in [2.05, 4.69) is 0 Å². The monoisotopic (exact) mass is 290 g/mol. The second-order valence-corrected chi connectivity index (χ2v) is 6.24. The zero-order valence-electron chi connectivity index (χ0n) is 10.2. The molecule has 1 rings (SSSR count). The Kier molecular flexibility index (Phi) is 4.78. The third kappa shape index (κ3) is 3.24. The van der Waals surface area contributed by atoms with E-state index in [1.165, 1.54) is 12.1 Å². The highest BCUT2D eigenvalue weighted by atomic mass is 32.2. The third-order valence-corrected chi connectivity index (χ3v) is 4.64. The average Bonchev–Trinajstić information content (AvgIpc) is 2.28. The Morgan fingerprint density at radius 2 is 2.11 bits per heavy atom. The number of rotatable bonds is 5. The Morgan fingerprint density at radius 3 is 2.61 bits per heavy atom. The molecule has 0 fully saturated rings. The summed E-state index contributed by atoms with van der Waals surface area (Å²) in [5, 5.41) is 0. The number of nitrogens with zero attached hydrogens (tertiary/aromatic N) is 1. The molecule has 0 saturated carbocycles. The maximum absolute atomic E-state index is 13.2. The Labute approximate surface area is 112 Å². The van der Waals surface area contributed by atoms with Crippen LogP contribution in [0, 0.1) is 12.7 Å². The molecule has 0 spiro atoms. The molecule has 1 aromatic rings. The number of hydrogen-bond donors (Lipinski definition) is 1. The van der Waals surface area contributed by atoms with Gasteiger partial charge in [0, 0.05) is 6.54 Å². The molecule has 18 heavy (non-hydrogen) atoms. The number of aryl methyl sites for hydroxylation is 1. The van der Waals surface area contributed by atoms with Crippen LogP contribution in [0.3, 0.4) is 0 Å². The number of likely N-dealkylation sites (N-methyl/N-ethyl adjacent to an activating group) is 1. The summed E-state index contributed by atoms with van der Waals surface area (Å²) in [4.78, 5) is 0.0232. The minimum Gasteiger partial charge on any atom is -0.392 e. The molecule has 0 heterocycles. The van der Waals surface area contributed by atoms with Gasteiger partial charge in [0.2, 0.25) is 10.0 Å². The fraction of sp³-hybridized carbons (Fsp3) is 0.364. The molecule has 0 radical (unpaired) electrons. The van der Waals surface area contributed by atoms with Crippen LogP contribution in [0.25, 0.3) is 0 Å². The first kappa shape index (κ1) is 15.0. The van der Waals surface area contributed by atoms with Gasteiger partial charge in [-0.25, -0.2) is 12.8 Å². The molecule has 0 saturated heterocycles. The maximum atomic E-state index is 13.2. The first-order valence-corrected chi connectivity index (χ1v) is 7.18. The summed E-state index contributed by atoms with van der Waals surface area (Å²) in [6.07, 6.45) is 0. The summed E-state index contributed by atoms with van der Waals surface area (Å²) in [5.41, 5.74) is 5.85. The van der Waals surface area contributed by atoms with Gasteiger partial charge in [0.15, 0.2) is 0 Å². The number of sulfonamides is 1. The lowest BCUT2D eigenvalue weighted by molar-refractivity contribution is 0.466. The highest BCUT2D eigenvalue weighted by Crippen LogP contribution is 2.20. The summed E-state index contributed by atoms with van der Waals surface area (Å²) < 4.78 is 38.9. The topological polar surface area (TPSA) is 63.4 Å². The zero-order valence-corrected chi connectivity index (χ0v) is 11.8. The van der Waals surface area contributed by atoms with Crippen molar-refractivity contribution in [3.8, 4) is 0 Å². The lowest BCUT2D eigenvalue weighted by Crippen LogP contribution is -2.37. The molecule has 100 valence electrons. The van der Waals surface area contributed by atoms with Gasteiger partial charge in [0.05, 0.1) is 16.4 Å². The van der Waals surface area contributed by atoms with E-state index in [1.807, 2.05) is 0 Å². The lowest BCUT2D eigenvalue weighted by atomic mass is 10.2. The maximum Gasteiger partial charge on any atom is 0.243 e. The number of benzene rings is 1. The van der Waals surface area contributed by atoms with Crippen LogP contribution in [0.2, 0.25) is 0 Å². The summed E-state index contributed by atoms with van der Waals surface area (Å²) in [7, 11) is -3.77. The van der Waals surface area contributed by atoms with E-state index in [-0.39, 0.29) is 23.0 Å². The van der Waals surface area contributed by atoms with Crippen LogP contribution in [0.1, 0.15) is 12.5 Å². The molecular weight excluding hydrogens is 275 g/mol. The number of thiocarbonyl (C=S) groups is 1. The molecular formula is C11H15FN2O2S2. The van der Waals surface area contributed by atoms with Crippen molar-refractivity contribution in [3.05, 3.63) is 29.6 Å². The van der Waals surface area contributed by atoms with Crippen LogP contribution in [-0.4, -0.2) is 30.8 Å². The van der Waals surface area contributed by atoms with Crippen molar-refractivity contribution in [3.63, 3.8) is 0 Å². The summed E-state index contributed by atoms with van der Waals surface area (Å²) in [6, 6.07) is 3.65. The molecule has 2 N–H and O–H groups in total. The van der Waals surface area contributed by atoms with Gasteiger partial charge in [-0.2, -0.15) is 4.31 Å². The van der Waals surface area contributed by atoms with E-state index in [0.29, 0.717) is 5.56 Å². The average molecular weight is 290 g/mol. The Morgan fingerprint density at radius 1 is 1.50 bits per heavy atom. The van der Waals surface area contributed by atoms with Crippen molar-refractivity contribution in [2.24, 2.45) is 5.73 Å². The first-order chi connectivity index (χ1) is 8.28. The van der Waals surface area contributed by atoms with Crippen LogP contribution in [0.5, 0.6) is 0 Å². The van der Waals surface area contributed by atoms with E-state index in [9.17, 15) is 12.8 Å². The van der Waals surface area contributed by atoms with Gasteiger partial charge in [-0.3, -0.25) is 0 Å². The summed E-state index contributed by atoms with van der Waals surface area (Å²) in [5.74, 6) is -0.592. The van der Waals surface area contributed by atoms with Crippen molar-refractivity contribution in [1.29, 1.82) is 0 Å². The van der Waals surface area contributed by atoms with Gasteiger partial charge in [0.25, 0.3) is 0 Å². The second kappa shape index (κ2) is 5.73. The van der Waals surface area contributed by atoms with Crippen molar-refractivity contribution in [2.45, 2.75) is 18.7 Å². The second-order valence-electron chi connectivity index (χ2n) is 3.81. The van der Waals surface area contributed by atoms with Crippen LogP contribution >= 0.6 is 12.2 Å². The molecule has 0 aliphatic carbocycles. The number of hydrogen-bond acceptors (Lipinski definition) is 3. The van der Waals surface area contributed by atoms with E-state index in [1.54, 1.807) is 13.8 Å². The predicted octanol–water partition coefficient (Wildman–Crippen LogP) is 1.43. The van der Waals surface area contributed by atoms with Crippen molar-refractivity contribution in [2.75, 3.05) is 13.1 Å². The fourth-order valence-corrected chi connectivity index (χ4v) is 3.43. The fourth-order valence-electron chi connectivity index (χ4n) is 1.53. The normalized spacial score (nSPS) is 11.8. The molecule has 1 aromatic carbocycles. The first-order valence-electron chi connectivity index (χ1n) is 5.33. The van der Waals surface area contributed by atoms with Crippen molar-refractivity contribution in [1.82, 2.24) is 4.31 Å². The Balaban J connectivity index is 3.26. The molecule has 7 heteroatoms. The van der Waals surface area contributed by atoms with Crippen LogP contribution in [0.15, 0.2) is 23.1 Å². The molecule has 4 nitrogen and oxygen atoms in total. The minimum absolute atomic E-state index is 0.0515. The third-order valence-electron chi connectivity index (χ3n) is 2.45. The number of halogens is 1. The van der Waals surface area contributed by atoms with Crippen LogP contribution in [-0.2, 0) is 10.0 Å². The highest BCUT2D eigenvalue weighted by molar-refractivity contribution is 7.89. The Bertz CT molecular complexity index is 558. The van der Waals surface area contributed by atoms with Gasteiger partial charge in [-0.1, -0.05) is 25.2 Å². The van der Waals surface area contributed by atoms with Gasteiger partial charge in [-0.05, 0) is 24.6 Å². The van der Waals surface area contributed by atoms with Crippen LogP contribution in [0.4, 0.5) is 4.39 Å². The van der Waals surface area contributed by atoms with E-state index >= 15 is 0 Å². The van der Waals surface area contributed by atoms with E-state index < -0.39 is 15.8 Å². The summed E-state index contributed by atoms with van der Waals surface area (Å²) in [6.45, 7) is 3.45. The summed E-state index contributed by atoms with van der Waals surface area (Å²) >= 11 is 4.71. The minimum atomic E-state index is -3.77. The molecule has 0 unspecified atom stereocenters. The SMILES string of the molecule is CCN(CC(N)=S)S(=O)(=O)c1cc(F)ccc1C. The van der Waals surface area contributed by atoms with Gasteiger partial charge >= 0.3 is 0 Å². The standard InChI is InChI=1S/C11H15FN2O2S2/c1-3-14(7-11(13)17)18(15,16)10-6-9(12)5-4-8(10)2/h4-6H,3,7H2,1-2H3,(H2,13,17).